The van der Waals surface area contributed by atoms with Gasteiger partial charge in [-0.2, -0.15) is 0 Å². The minimum atomic E-state index is -0.248. The van der Waals surface area contributed by atoms with Crippen molar-refractivity contribution in [2.75, 3.05) is 5.32 Å². The molecule has 0 atom stereocenters. The maximum atomic E-state index is 12.3. The Kier molecular flexibility index (Phi) is 6.12. The molecule has 0 aliphatic carbocycles. The number of nitrogens with zero attached hydrogens (tertiary/aromatic N) is 1. The van der Waals surface area contributed by atoms with Gasteiger partial charge in [-0.25, -0.2) is 4.99 Å². The third kappa shape index (κ3) is 4.78. The van der Waals surface area contributed by atoms with E-state index in [9.17, 15) is 4.79 Å². The van der Waals surface area contributed by atoms with Gasteiger partial charge in [0.05, 0.1) is 28.2 Å². The number of furan rings is 1. The number of amides is 1. The van der Waals surface area contributed by atoms with Gasteiger partial charge in [0, 0.05) is 11.3 Å². The van der Waals surface area contributed by atoms with Crippen molar-refractivity contribution < 1.29 is 9.21 Å². The summed E-state index contributed by atoms with van der Waals surface area (Å²) in [5.41, 5.74) is 5.60. The van der Waals surface area contributed by atoms with Crippen LogP contribution in [0.3, 0.4) is 0 Å². The SMILES string of the molecule is CC(C)=CC(=Nc1ccccc1C)c1cc(NC(=O)c2ccoc2)ccc1Cl. The summed E-state index contributed by atoms with van der Waals surface area (Å²) in [7, 11) is 0. The number of para-hydroxylation sites is 1. The van der Waals surface area contributed by atoms with E-state index in [4.69, 9.17) is 21.0 Å². The molecule has 0 spiro atoms. The molecule has 0 unspecified atom stereocenters. The molecule has 28 heavy (non-hydrogen) atoms. The highest BCUT2D eigenvalue weighted by molar-refractivity contribution is 6.35. The zero-order chi connectivity index (χ0) is 20.1. The number of nitrogens with one attached hydrogen (secondary N) is 1. The summed E-state index contributed by atoms with van der Waals surface area (Å²) in [5, 5.41) is 3.42. The fraction of sp³-hybridized carbons (Fsp3) is 0.130. The highest BCUT2D eigenvalue weighted by Crippen LogP contribution is 2.26. The molecule has 5 heteroatoms. The van der Waals surface area contributed by atoms with Crippen molar-refractivity contribution in [2.45, 2.75) is 20.8 Å². The van der Waals surface area contributed by atoms with Crippen LogP contribution in [0.15, 0.2) is 82.1 Å². The summed E-state index contributed by atoms with van der Waals surface area (Å²) in [6.07, 6.45) is 4.85. The molecule has 0 aliphatic heterocycles. The van der Waals surface area contributed by atoms with Crippen molar-refractivity contribution in [1.82, 2.24) is 0 Å². The second kappa shape index (κ2) is 8.72. The summed E-state index contributed by atoms with van der Waals surface area (Å²) >= 11 is 6.48. The van der Waals surface area contributed by atoms with E-state index in [1.807, 2.05) is 57.2 Å². The number of benzene rings is 2. The lowest BCUT2D eigenvalue weighted by atomic mass is 10.1. The molecule has 1 amide bonds. The fourth-order valence-corrected chi connectivity index (χ4v) is 2.87. The Bertz CT molecular complexity index is 1050. The van der Waals surface area contributed by atoms with Crippen LogP contribution >= 0.6 is 11.6 Å². The number of aliphatic imine (C=N–C) groups is 1. The van der Waals surface area contributed by atoms with Crippen molar-refractivity contribution in [2.24, 2.45) is 4.99 Å². The largest absolute Gasteiger partial charge is 0.472 e. The topological polar surface area (TPSA) is 54.6 Å². The predicted molar refractivity (Wildman–Crippen MR) is 115 cm³/mol. The third-order valence-corrected chi connectivity index (χ3v) is 4.39. The molecule has 0 saturated carbocycles. The normalized spacial score (nSPS) is 11.2. The summed E-state index contributed by atoms with van der Waals surface area (Å²) in [4.78, 5) is 17.1. The van der Waals surface area contributed by atoms with Crippen LogP contribution in [0.4, 0.5) is 11.4 Å². The molecule has 1 N–H and O–H groups in total. The van der Waals surface area contributed by atoms with Crippen molar-refractivity contribution in [3.8, 4) is 0 Å². The standard InChI is InChI=1S/C23H21ClN2O2/c1-15(2)12-22(26-21-7-5-4-6-16(21)3)19-13-18(8-9-20(19)24)25-23(27)17-10-11-28-14-17/h4-14H,1-3H3,(H,25,27). The second-order valence-electron chi connectivity index (χ2n) is 6.67. The smallest absolute Gasteiger partial charge is 0.258 e. The lowest BCUT2D eigenvalue weighted by Gasteiger charge is -2.11. The number of carbonyl (C=O) groups is 1. The predicted octanol–water partition coefficient (Wildman–Crippen LogP) is 6.58. The van der Waals surface area contributed by atoms with E-state index in [2.05, 4.69) is 5.32 Å². The molecule has 3 aromatic rings. The molecule has 0 saturated heterocycles. The molecular weight excluding hydrogens is 372 g/mol. The highest BCUT2D eigenvalue weighted by Gasteiger charge is 2.12. The zero-order valence-electron chi connectivity index (χ0n) is 16.0. The maximum Gasteiger partial charge on any atom is 0.258 e. The van der Waals surface area contributed by atoms with Crippen molar-refractivity contribution >= 4 is 34.6 Å². The molecule has 0 aliphatic rings. The van der Waals surface area contributed by atoms with Gasteiger partial charge in [0.15, 0.2) is 0 Å². The van der Waals surface area contributed by atoms with Gasteiger partial charge >= 0.3 is 0 Å². The van der Waals surface area contributed by atoms with E-state index in [-0.39, 0.29) is 5.91 Å². The van der Waals surface area contributed by atoms with E-state index in [1.165, 1.54) is 12.5 Å². The Morgan fingerprint density at radius 3 is 2.61 bits per heavy atom. The molecule has 1 heterocycles. The third-order valence-electron chi connectivity index (χ3n) is 4.07. The number of anilines is 1. The average molecular weight is 393 g/mol. The molecule has 4 nitrogen and oxygen atoms in total. The Hall–Kier alpha value is -3.11. The van der Waals surface area contributed by atoms with Crippen molar-refractivity contribution in [3.63, 3.8) is 0 Å². The Balaban J connectivity index is 2.02. The molecule has 0 bridgehead atoms. The summed E-state index contributed by atoms with van der Waals surface area (Å²) in [5.74, 6) is -0.248. The summed E-state index contributed by atoms with van der Waals surface area (Å²) < 4.78 is 4.97. The van der Waals surface area contributed by atoms with Crippen LogP contribution in [0.25, 0.3) is 0 Å². The van der Waals surface area contributed by atoms with Gasteiger partial charge in [0.1, 0.15) is 6.26 Å². The minimum Gasteiger partial charge on any atom is -0.472 e. The fourth-order valence-electron chi connectivity index (χ4n) is 2.66. The number of aryl methyl sites for hydroxylation is 1. The minimum absolute atomic E-state index is 0.248. The first kappa shape index (κ1) is 19.6. The Morgan fingerprint density at radius 1 is 1.14 bits per heavy atom. The second-order valence-corrected chi connectivity index (χ2v) is 7.07. The number of rotatable bonds is 5. The van der Waals surface area contributed by atoms with Gasteiger partial charge in [-0.3, -0.25) is 4.79 Å². The number of hydrogen-bond donors (Lipinski definition) is 1. The van der Waals surface area contributed by atoms with Crippen LogP contribution in [0.1, 0.15) is 35.3 Å². The van der Waals surface area contributed by atoms with Crippen LogP contribution < -0.4 is 5.32 Å². The number of allylic oxidation sites excluding steroid dienone is 2. The molecule has 3 rings (SSSR count). The van der Waals surface area contributed by atoms with Gasteiger partial charge in [-0.05, 0) is 62.7 Å². The van der Waals surface area contributed by atoms with Gasteiger partial charge in [-0.1, -0.05) is 35.4 Å². The van der Waals surface area contributed by atoms with Gasteiger partial charge < -0.3 is 9.73 Å². The van der Waals surface area contributed by atoms with Crippen LogP contribution in [0.2, 0.25) is 5.02 Å². The van der Waals surface area contributed by atoms with E-state index < -0.39 is 0 Å². The Labute approximate surface area is 169 Å². The molecule has 142 valence electrons. The monoisotopic (exact) mass is 392 g/mol. The van der Waals surface area contributed by atoms with Gasteiger partial charge in [0.25, 0.3) is 5.91 Å². The zero-order valence-corrected chi connectivity index (χ0v) is 16.7. The molecular formula is C23H21ClN2O2. The van der Waals surface area contributed by atoms with Crippen LogP contribution in [0, 0.1) is 6.92 Å². The Morgan fingerprint density at radius 2 is 1.93 bits per heavy atom. The van der Waals surface area contributed by atoms with E-state index >= 15 is 0 Å². The first-order valence-electron chi connectivity index (χ1n) is 8.87. The van der Waals surface area contributed by atoms with Gasteiger partial charge in [-0.15, -0.1) is 0 Å². The highest BCUT2D eigenvalue weighted by atomic mass is 35.5. The summed E-state index contributed by atoms with van der Waals surface area (Å²) in [6.45, 7) is 6.03. The van der Waals surface area contributed by atoms with E-state index in [0.29, 0.717) is 16.3 Å². The van der Waals surface area contributed by atoms with Gasteiger partial charge in [0.2, 0.25) is 0 Å². The first-order valence-corrected chi connectivity index (χ1v) is 9.24. The molecule has 2 aromatic carbocycles. The van der Waals surface area contributed by atoms with E-state index in [0.717, 1.165) is 28.1 Å². The molecule has 1 aromatic heterocycles. The lowest BCUT2D eigenvalue weighted by molar-refractivity contribution is 0.102. The first-order chi connectivity index (χ1) is 13.4. The van der Waals surface area contributed by atoms with E-state index in [1.54, 1.807) is 18.2 Å². The average Bonchev–Trinajstić information content (AvgIpc) is 3.19. The van der Waals surface area contributed by atoms with Crippen molar-refractivity contribution in [3.05, 3.63) is 94.4 Å². The quantitative estimate of drug-likeness (QED) is 0.498. The maximum absolute atomic E-state index is 12.3. The number of halogens is 1. The summed E-state index contributed by atoms with van der Waals surface area (Å²) in [6, 6.07) is 14.9. The van der Waals surface area contributed by atoms with Crippen molar-refractivity contribution in [1.29, 1.82) is 0 Å². The molecule has 0 fully saturated rings. The number of hydrogen-bond acceptors (Lipinski definition) is 3. The van der Waals surface area contributed by atoms with Crippen LogP contribution in [-0.2, 0) is 0 Å². The number of carbonyl (C=O) groups excluding carboxylic acids is 1. The molecule has 0 radical (unpaired) electrons. The van der Waals surface area contributed by atoms with Crippen LogP contribution in [0.5, 0.6) is 0 Å². The lowest BCUT2D eigenvalue weighted by Crippen LogP contribution is -2.11. The van der Waals surface area contributed by atoms with Crippen LogP contribution in [-0.4, -0.2) is 11.6 Å².